The summed E-state index contributed by atoms with van der Waals surface area (Å²) in [5.41, 5.74) is 10.7. The number of hydrogen-bond acceptors (Lipinski definition) is 3. The first-order valence-electron chi connectivity index (χ1n) is 6.75. The lowest BCUT2D eigenvalue weighted by Gasteiger charge is -2.26. The van der Waals surface area contributed by atoms with Crippen LogP contribution in [0.2, 0.25) is 0 Å². The molecule has 0 radical (unpaired) electrons. The lowest BCUT2D eigenvalue weighted by Crippen LogP contribution is -2.51. The van der Waals surface area contributed by atoms with E-state index in [1.165, 1.54) is 6.42 Å². The summed E-state index contributed by atoms with van der Waals surface area (Å²) in [7, 11) is 0. The van der Waals surface area contributed by atoms with Crippen LogP contribution in [0.4, 0.5) is 0 Å². The fourth-order valence-corrected chi connectivity index (χ4v) is 3.28. The van der Waals surface area contributed by atoms with Gasteiger partial charge in [0.2, 0.25) is 5.91 Å². The quantitative estimate of drug-likeness (QED) is 0.761. The zero-order valence-corrected chi connectivity index (χ0v) is 11.0. The molecular formula is C13H25N3O. The highest BCUT2D eigenvalue weighted by Gasteiger charge is 2.43. The second-order valence-electron chi connectivity index (χ2n) is 6.20. The Labute approximate surface area is 104 Å². The Morgan fingerprint density at radius 3 is 2.59 bits per heavy atom. The van der Waals surface area contributed by atoms with Crippen LogP contribution < -0.4 is 11.5 Å². The van der Waals surface area contributed by atoms with E-state index in [9.17, 15) is 4.79 Å². The van der Waals surface area contributed by atoms with Gasteiger partial charge in [-0.05, 0) is 44.1 Å². The van der Waals surface area contributed by atoms with Crippen molar-refractivity contribution in [1.29, 1.82) is 0 Å². The second-order valence-corrected chi connectivity index (χ2v) is 6.20. The van der Waals surface area contributed by atoms with Gasteiger partial charge in [-0.1, -0.05) is 13.8 Å². The number of carbonyl (C=O) groups excluding carboxylic acids is 1. The maximum atomic E-state index is 11.3. The smallest absolute Gasteiger partial charge is 0.237 e. The predicted molar refractivity (Wildman–Crippen MR) is 68.3 cm³/mol. The van der Waals surface area contributed by atoms with Crippen molar-refractivity contribution in [3.8, 4) is 0 Å². The van der Waals surface area contributed by atoms with Gasteiger partial charge in [0.05, 0.1) is 5.54 Å². The van der Waals surface area contributed by atoms with Gasteiger partial charge < -0.3 is 16.4 Å². The van der Waals surface area contributed by atoms with Gasteiger partial charge in [-0.2, -0.15) is 0 Å². The third-order valence-electron chi connectivity index (χ3n) is 4.73. The van der Waals surface area contributed by atoms with E-state index in [0.717, 1.165) is 44.2 Å². The summed E-state index contributed by atoms with van der Waals surface area (Å²) < 4.78 is 0. The number of nitrogens with two attached hydrogens (primary N) is 2. The van der Waals surface area contributed by atoms with Crippen molar-refractivity contribution in [3.63, 3.8) is 0 Å². The van der Waals surface area contributed by atoms with Crippen molar-refractivity contribution in [2.24, 2.45) is 23.3 Å². The molecule has 3 unspecified atom stereocenters. The average molecular weight is 239 g/mol. The van der Waals surface area contributed by atoms with Crippen LogP contribution in [0.15, 0.2) is 0 Å². The fraction of sp³-hybridized carbons (Fsp3) is 0.923. The molecule has 4 N–H and O–H groups in total. The molecule has 0 aromatic rings. The molecule has 0 bridgehead atoms. The summed E-state index contributed by atoms with van der Waals surface area (Å²) in [5.74, 6) is 1.22. The molecule has 98 valence electrons. The molecule has 3 atom stereocenters. The Hall–Kier alpha value is -0.610. The van der Waals surface area contributed by atoms with Gasteiger partial charge in [-0.15, -0.1) is 0 Å². The molecular weight excluding hydrogens is 214 g/mol. The number of amides is 1. The number of rotatable bonds is 3. The summed E-state index contributed by atoms with van der Waals surface area (Å²) >= 11 is 0. The number of hydrogen-bond donors (Lipinski definition) is 2. The van der Waals surface area contributed by atoms with E-state index in [4.69, 9.17) is 11.5 Å². The molecule has 17 heavy (non-hydrogen) atoms. The topological polar surface area (TPSA) is 72.3 Å². The molecule has 0 aromatic carbocycles. The summed E-state index contributed by atoms with van der Waals surface area (Å²) in [6.45, 7) is 6.90. The number of carbonyl (C=O) groups is 1. The van der Waals surface area contributed by atoms with E-state index in [1.807, 2.05) is 0 Å². The van der Waals surface area contributed by atoms with Crippen LogP contribution in [0, 0.1) is 11.8 Å². The van der Waals surface area contributed by atoms with E-state index in [1.54, 1.807) is 0 Å². The molecule has 0 aromatic heterocycles. The third kappa shape index (κ3) is 2.47. The standard InChI is InChI=1S/C13H25N3O/c1-9(2)10-4-6-16(8-10)11-3-5-13(15,7-11)12(14)17/h9-11H,3-8,15H2,1-2H3,(H2,14,17). The highest BCUT2D eigenvalue weighted by atomic mass is 16.1. The molecule has 1 amide bonds. The second kappa shape index (κ2) is 4.58. The van der Waals surface area contributed by atoms with E-state index < -0.39 is 5.54 Å². The first-order valence-corrected chi connectivity index (χ1v) is 6.75. The van der Waals surface area contributed by atoms with Crippen LogP contribution in [0.3, 0.4) is 0 Å². The Morgan fingerprint density at radius 2 is 2.12 bits per heavy atom. The largest absolute Gasteiger partial charge is 0.368 e. The first kappa shape index (κ1) is 12.8. The van der Waals surface area contributed by atoms with E-state index >= 15 is 0 Å². The van der Waals surface area contributed by atoms with Gasteiger partial charge in [-0.25, -0.2) is 0 Å². The Morgan fingerprint density at radius 1 is 1.41 bits per heavy atom. The minimum Gasteiger partial charge on any atom is -0.368 e. The molecule has 1 aliphatic heterocycles. The fourth-order valence-electron chi connectivity index (χ4n) is 3.28. The van der Waals surface area contributed by atoms with Gasteiger partial charge >= 0.3 is 0 Å². The highest BCUT2D eigenvalue weighted by Crippen LogP contribution is 2.35. The number of likely N-dealkylation sites (tertiary alicyclic amines) is 1. The van der Waals surface area contributed by atoms with Crippen molar-refractivity contribution in [2.75, 3.05) is 13.1 Å². The van der Waals surface area contributed by atoms with Crippen LogP contribution in [-0.2, 0) is 4.79 Å². The van der Waals surface area contributed by atoms with Crippen molar-refractivity contribution in [3.05, 3.63) is 0 Å². The van der Waals surface area contributed by atoms with Crippen molar-refractivity contribution in [1.82, 2.24) is 4.90 Å². The van der Waals surface area contributed by atoms with Crippen molar-refractivity contribution < 1.29 is 4.79 Å². The predicted octanol–water partition coefficient (Wildman–Crippen LogP) is 0.700. The SMILES string of the molecule is CC(C)C1CCN(C2CCC(N)(C(N)=O)C2)C1. The molecule has 1 aliphatic carbocycles. The Kier molecular flexibility index (Phi) is 3.46. The molecule has 0 spiro atoms. The molecule has 2 fully saturated rings. The Bertz CT molecular complexity index is 305. The zero-order chi connectivity index (χ0) is 12.6. The van der Waals surface area contributed by atoms with Gasteiger partial charge in [-0.3, -0.25) is 4.79 Å². The molecule has 2 rings (SSSR count). The summed E-state index contributed by atoms with van der Waals surface area (Å²) in [4.78, 5) is 13.9. The minimum absolute atomic E-state index is 0.334. The zero-order valence-electron chi connectivity index (χ0n) is 11.0. The number of primary amides is 1. The van der Waals surface area contributed by atoms with Gasteiger partial charge in [0.25, 0.3) is 0 Å². The lowest BCUT2D eigenvalue weighted by atomic mass is 9.95. The third-order valence-corrected chi connectivity index (χ3v) is 4.73. The molecule has 4 heteroatoms. The minimum atomic E-state index is -0.749. The maximum Gasteiger partial charge on any atom is 0.237 e. The van der Waals surface area contributed by atoms with Crippen LogP contribution >= 0.6 is 0 Å². The van der Waals surface area contributed by atoms with Crippen LogP contribution in [0.25, 0.3) is 0 Å². The summed E-state index contributed by atoms with van der Waals surface area (Å²) in [6, 6.07) is 0.469. The van der Waals surface area contributed by atoms with Gasteiger partial charge in [0.15, 0.2) is 0 Å². The molecule has 1 saturated heterocycles. The molecule has 2 aliphatic rings. The lowest BCUT2D eigenvalue weighted by molar-refractivity contribution is -0.123. The molecule has 1 heterocycles. The van der Waals surface area contributed by atoms with E-state index in [-0.39, 0.29) is 5.91 Å². The normalized spacial score (nSPS) is 39.1. The van der Waals surface area contributed by atoms with E-state index in [0.29, 0.717) is 6.04 Å². The average Bonchev–Trinajstić information content (AvgIpc) is 2.84. The van der Waals surface area contributed by atoms with Crippen molar-refractivity contribution in [2.45, 2.75) is 51.1 Å². The van der Waals surface area contributed by atoms with Gasteiger partial charge in [0.1, 0.15) is 0 Å². The monoisotopic (exact) mass is 239 g/mol. The summed E-state index contributed by atoms with van der Waals surface area (Å²) in [6.07, 6.45) is 3.79. The first-order chi connectivity index (χ1) is 7.92. The van der Waals surface area contributed by atoms with Crippen LogP contribution in [0.5, 0.6) is 0 Å². The summed E-state index contributed by atoms with van der Waals surface area (Å²) in [5, 5.41) is 0. The maximum absolute atomic E-state index is 11.3. The van der Waals surface area contributed by atoms with Gasteiger partial charge in [0, 0.05) is 12.6 Å². The van der Waals surface area contributed by atoms with Crippen LogP contribution in [-0.4, -0.2) is 35.5 Å². The molecule has 4 nitrogen and oxygen atoms in total. The number of nitrogens with zero attached hydrogens (tertiary/aromatic N) is 1. The molecule has 1 saturated carbocycles. The van der Waals surface area contributed by atoms with Crippen LogP contribution in [0.1, 0.15) is 39.5 Å². The highest BCUT2D eigenvalue weighted by molar-refractivity contribution is 5.84. The van der Waals surface area contributed by atoms with Crippen molar-refractivity contribution >= 4 is 5.91 Å². The van der Waals surface area contributed by atoms with E-state index in [2.05, 4.69) is 18.7 Å². The Balaban J connectivity index is 1.92.